The van der Waals surface area contributed by atoms with E-state index < -0.39 is 24.0 Å². The van der Waals surface area contributed by atoms with Crippen molar-refractivity contribution in [3.63, 3.8) is 0 Å². The maximum Gasteiger partial charge on any atom is 0.330 e. The van der Waals surface area contributed by atoms with Gasteiger partial charge in [0.05, 0.1) is 0 Å². The van der Waals surface area contributed by atoms with Crippen LogP contribution in [-0.4, -0.2) is 42.6 Å². The van der Waals surface area contributed by atoms with E-state index in [9.17, 15) is 9.59 Å². The molecule has 0 amide bonds. The van der Waals surface area contributed by atoms with Crippen molar-refractivity contribution in [2.75, 3.05) is 18.6 Å². The van der Waals surface area contributed by atoms with Gasteiger partial charge in [0, 0.05) is 17.1 Å². The number of hydrogen-bond acceptors (Lipinski definition) is 7. The van der Waals surface area contributed by atoms with Crippen LogP contribution in [0.15, 0.2) is 0 Å². The van der Waals surface area contributed by atoms with Crippen molar-refractivity contribution < 1.29 is 31.4 Å². The molecular formula is C11H23CuN3O3S. The molecule has 6 nitrogen and oxygen atoms in total. The summed E-state index contributed by atoms with van der Waals surface area (Å²) in [6, 6.07) is -1.55. The Morgan fingerprint density at radius 1 is 1.11 bits per heavy atom. The Hall–Kier alpha value is -0.111. The Morgan fingerprint density at radius 2 is 1.63 bits per heavy atom. The number of hydrogen-bond donors (Lipinski definition) is 3. The van der Waals surface area contributed by atoms with Crippen LogP contribution in [-0.2, 0) is 31.4 Å². The minimum atomic E-state index is -0.784. The molecule has 8 heteroatoms. The summed E-state index contributed by atoms with van der Waals surface area (Å²) in [7, 11) is 0. The number of unbranched alkanes of at least 4 members (excludes halogenated alkanes) is 1. The average molecular weight is 341 g/mol. The van der Waals surface area contributed by atoms with Crippen molar-refractivity contribution in [2.45, 2.75) is 37.8 Å². The maximum atomic E-state index is 11.5. The van der Waals surface area contributed by atoms with Gasteiger partial charge in [0.25, 0.3) is 0 Å². The summed E-state index contributed by atoms with van der Waals surface area (Å²) in [6.45, 7) is 0.556. The van der Waals surface area contributed by atoms with Gasteiger partial charge in [-0.05, 0) is 37.8 Å². The number of thioether (sulfide) groups is 1. The van der Waals surface area contributed by atoms with E-state index in [1.807, 2.05) is 6.26 Å². The quantitative estimate of drug-likeness (QED) is 0.226. The summed E-state index contributed by atoms with van der Waals surface area (Å²) in [5.41, 5.74) is 16.5. The molecule has 2 atom stereocenters. The van der Waals surface area contributed by atoms with Gasteiger partial charge in [0.2, 0.25) is 0 Å². The second kappa shape index (κ2) is 12.9. The number of rotatable bonds is 9. The van der Waals surface area contributed by atoms with E-state index in [-0.39, 0.29) is 17.1 Å². The van der Waals surface area contributed by atoms with Gasteiger partial charge < -0.3 is 21.9 Å². The van der Waals surface area contributed by atoms with E-state index in [4.69, 9.17) is 17.2 Å². The molecule has 1 radical (unpaired) electrons. The van der Waals surface area contributed by atoms with Crippen LogP contribution in [0.5, 0.6) is 0 Å². The third-order valence-corrected chi connectivity index (χ3v) is 3.05. The number of nitrogens with two attached hydrogens (primary N) is 3. The van der Waals surface area contributed by atoms with E-state index in [2.05, 4.69) is 4.74 Å². The summed E-state index contributed by atoms with van der Waals surface area (Å²) in [6.07, 6.45) is 4.39. The molecule has 0 aromatic rings. The van der Waals surface area contributed by atoms with Crippen molar-refractivity contribution >= 4 is 23.7 Å². The molecule has 0 aliphatic rings. The molecule has 19 heavy (non-hydrogen) atoms. The first-order valence-corrected chi connectivity index (χ1v) is 7.38. The van der Waals surface area contributed by atoms with Crippen LogP contribution in [0.2, 0.25) is 0 Å². The van der Waals surface area contributed by atoms with Gasteiger partial charge in [0.1, 0.15) is 12.1 Å². The number of carbonyl (C=O) groups is 2. The fourth-order valence-corrected chi connectivity index (χ4v) is 1.73. The number of ether oxygens (including phenoxy) is 1. The first-order chi connectivity index (χ1) is 8.52. The standard InChI is InChI=1S/C11H23N3O3S.Cu/c1-18-7-5-9(14)11(16)17-10(15)8(13)4-2-3-6-12;/h8-9H,2-7,12-14H2,1H3;/t8-,9-;/m0./s1. The molecule has 0 saturated carbocycles. The molecule has 0 rings (SSSR count). The molecule has 0 aliphatic heterocycles. The van der Waals surface area contributed by atoms with Crippen molar-refractivity contribution in [1.29, 1.82) is 0 Å². The maximum absolute atomic E-state index is 11.5. The van der Waals surface area contributed by atoms with Crippen LogP contribution in [0.4, 0.5) is 0 Å². The van der Waals surface area contributed by atoms with Crippen LogP contribution in [0.3, 0.4) is 0 Å². The normalized spacial score (nSPS) is 13.3. The third-order valence-electron chi connectivity index (χ3n) is 2.41. The summed E-state index contributed by atoms with van der Waals surface area (Å²) in [4.78, 5) is 22.9. The molecule has 0 fully saturated rings. The minimum absolute atomic E-state index is 0. The Bertz CT molecular complexity index is 270. The molecule has 0 unspecified atom stereocenters. The van der Waals surface area contributed by atoms with E-state index in [0.29, 0.717) is 19.4 Å². The molecule has 0 aromatic carbocycles. The number of esters is 2. The molecule has 0 aromatic heterocycles. The Morgan fingerprint density at radius 3 is 2.11 bits per heavy atom. The first-order valence-electron chi connectivity index (χ1n) is 5.98. The van der Waals surface area contributed by atoms with Crippen LogP contribution in [0, 0.1) is 0 Å². The van der Waals surface area contributed by atoms with Crippen LogP contribution in [0.25, 0.3) is 0 Å². The van der Waals surface area contributed by atoms with Gasteiger partial charge in [-0.2, -0.15) is 11.8 Å². The van der Waals surface area contributed by atoms with E-state index in [1.54, 1.807) is 11.8 Å². The predicted octanol–water partition coefficient (Wildman–Crippen LogP) is -0.410. The van der Waals surface area contributed by atoms with Crippen molar-refractivity contribution in [1.82, 2.24) is 0 Å². The Balaban J connectivity index is 0. The number of carbonyl (C=O) groups excluding carboxylic acids is 2. The monoisotopic (exact) mass is 340 g/mol. The van der Waals surface area contributed by atoms with Crippen LogP contribution >= 0.6 is 11.8 Å². The smallest absolute Gasteiger partial charge is 0.330 e. The van der Waals surface area contributed by atoms with Gasteiger partial charge in [-0.1, -0.05) is 6.42 Å². The topological polar surface area (TPSA) is 121 Å². The second-order valence-corrected chi connectivity index (χ2v) is 5.00. The third kappa shape index (κ3) is 10.4. The summed E-state index contributed by atoms with van der Waals surface area (Å²) < 4.78 is 4.63. The molecule has 0 bridgehead atoms. The van der Waals surface area contributed by atoms with Crippen LogP contribution in [0.1, 0.15) is 25.7 Å². The van der Waals surface area contributed by atoms with Crippen molar-refractivity contribution in [3.05, 3.63) is 0 Å². The second-order valence-electron chi connectivity index (χ2n) is 4.02. The fraction of sp³-hybridized carbons (Fsp3) is 0.818. The molecule has 0 saturated heterocycles. The van der Waals surface area contributed by atoms with Crippen molar-refractivity contribution in [2.24, 2.45) is 17.2 Å². The Kier molecular flexibility index (Phi) is 14.4. The molecule has 6 N–H and O–H groups in total. The summed E-state index contributed by atoms with van der Waals surface area (Å²) in [5.74, 6) is -0.674. The van der Waals surface area contributed by atoms with Gasteiger partial charge in [-0.25, -0.2) is 9.59 Å². The van der Waals surface area contributed by atoms with Crippen molar-refractivity contribution in [3.8, 4) is 0 Å². The molecule has 0 aliphatic carbocycles. The SMILES string of the molecule is CSCC[C@H](N)C(=O)OC(=O)[C@@H](N)CCCCN.[Cu]. The minimum Gasteiger partial charge on any atom is -0.391 e. The zero-order valence-corrected chi connectivity index (χ0v) is 12.8. The fourth-order valence-electron chi connectivity index (χ4n) is 1.24. The van der Waals surface area contributed by atoms with Gasteiger partial charge in [-0.15, -0.1) is 0 Å². The van der Waals surface area contributed by atoms with E-state index >= 15 is 0 Å². The molecule has 0 heterocycles. The van der Waals surface area contributed by atoms with Gasteiger partial charge >= 0.3 is 11.9 Å². The summed E-state index contributed by atoms with van der Waals surface area (Å²) >= 11 is 1.58. The zero-order chi connectivity index (χ0) is 14.0. The van der Waals surface area contributed by atoms with E-state index in [0.717, 1.165) is 18.6 Å². The van der Waals surface area contributed by atoms with Gasteiger partial charge in [0.15, 0.2) is 0 Å². The van der Waals surface area contributed by atoms with E-state index in [1.165, 1.54) is 0 Å². The zero-order valence-electron chi connectivity index (χ0n) is 11.1. The molecule has 0 spiro atoms. The van der Waals surface area contributed by atoms with Crippen LogP contribution < -0.4 is 17.2 Å². The largest absolute Gasteiger partial charge is 0.391 e. The molecular weight excluding hydrogens is 318 g/mol. The Labute approximate surface area is 129 Å². The molecule has 117 valence electrons. The summed E-state index contributed by atoms with van der Waals surface area (Å²) in [5, 5.41) is 0. The average Bonchev–Trinajstić information content (AvgIpc) is 2.35. The first kappa shape index (κ1) is 21.2. The predicted molar refractivity (Wildman–Crippen MR) is 73.0 cm³/mol. The van der Waals surface area contributed by atoms with Gasteiger partial charge in [-0.3, -0.25) is 0 Å².